The summed E-state index contributed by atoms with van der Waals surface area (Å²) in [6.07, 6.45) is 1.44. The summed E-state index contributed by atoms with van der Waals surface area (Å²) in [5, 5.41) is 23.1. The van der Waals surface area contributed by atoms with Crippen LogP contribution in [0.5, 0.6) is 11.5 Å². The van der Waals surface area contributed by atoms with Gasteiger partial charge in [0.05, 0.1) is 11.0 Å². The quantitative estimate of drug-likeness (QED) is 0.385. The molecule has 2 aromatic rings. The Morgan fingerprint density at radius 1 is 1.26 bits per heavy atom. The van der Waals surface area contributed by atoms with E-state index in [1.165, 1.54) is 18.2 Å². The lowest BCUT2D eigenvalue weighted by Gasteiger charge is -2.19. The molecule has 1 N–H and O–H groups in total. The number of nitro groups is 1. The maximum Gasteiger partial charge on any atom is 0.296 e. The SMILES string of the molecule is Cc1ccccc1C=C(C#N)C(=O)Nc1cc2c(cc1[N+](=O)[O-])OCCO2. The fourth-order valence-electron chi connectivity index (χ4n) is 2.57. The number of nitriles is 1. The molecule has 1 aliphatic heterocycles. The van der Waals surface area contributed by atoms with Crippen LogP contribution in [-0.4, -0.2) is 24.0 Å². The molecule has 1 heterocycles. The highest BCUT2D eigenvalue weighted by Crippen LogP contribution is 2.39. The van der Waals surface area contributed by atoms with E-state index in [4.69, 9.17) is 9.47 Å². The highest BCUT2D eigenvalue weighted by molar-refractivity contribution is 6.10. The Kier molecular flexibility index (Phi) is 5.04. The molecule has 0 saturated heterocycles. The lowest BCUT2D eigenvalue weighted by atomic mass is 10.1. The van der Waals surface area contributed by atoms with E-state index >= 15 is 0 Å². The highest BCUT2D eigenvalue weighted by Gasteiger charge is 2.24. The first kappa shape index (κ1) is 17.9. The lowest BCUT2D eigenvalue weighted by molar-refractivity contribution is -0.384. The van der Waals surface area contributed by atoms with Gasteiger partial charge in [0.25, 0.3) is 11.6 Å². The number of aryl methyl sites for hydroxylation is 1. The molecule has 8 nitrogen and oxygen atoms in total. The Bertz CT molecular complexity index is 991. The number of carbonyl (C=O) groups is 1. The van der Waals surface area contributed by atoms with E-state index in [-0.39, 0.29) is 29.3 Å². The number of ether oxygens (including phenoxy) is 2. The van der Waals surface area contributed by atoms with Crippen molar-refractivity contribution in [1.82, 2.24) is 0 Å². The minimum atomic E-state index is -0.750. The molecule has 0 fully saturated rings. The smallest absolute Gasteiger partial charge is 0.296 e. The van der Waals surface area contributed by atoms with Crippen molar-refractivity contribution in [2.75, 3.05) is 18.5 Å². The monoisotopic (exact) mass is 365 g/mol. The van der Waals surface area contributed by atoms with Crippen LogP contribution in [0.4, 0.5) is 11.4 Å². The fraction of sp³-hybridized carbons (Fsp3) is 0.158. The van der Waals surface area contributed by atoms with E-state index < -0.39 is 10.8 Å². The Morgan fingerprint density at radius 2 is 1.93 bits per heavy atom. The number of rotatable bonds is 4. The van der Waals surface area contributed by atoms with Crippen LogP contribution in [0.25, 0.3) is 6.08 Å². The van der Waals surface area contributed by atoms with Crippen LogP contribution >= 0.6 is 0 Å². The van der Waals surface area contributed by atoms with Crippen molar-refractivity contribution in [2.24, 2.45) is 0 Å². The standard InChI is InChI=1S/C19H15N3O5/c1-12-4-2-3-5-13(12)8-14(11-20)19(23)21-15-9-17-18(27-7-6-26-17)10-16(15)22(24)25/h2-5,8-10H,6-7H2,1H3,(H,21,23). The molecule has 0 atom stereocenters. The first-order chi connectivity index (χ1) is 13.0. The van der Waals surface area contributed by atoms with Crippen LogP contribution in [0.2, 0.25) is 0 Å². The average molecular weight is 365 g/mol. The van der Waals surface area contributed by atoms with E-state index in [1.807, 2.05) is 25.1 Å². The Labute approximate surface area is 154 Å². The van der Waals surface area contributed by atoms with Crippen molar-refractivity contribution in [3.8, 4) is 17.6 Å². The summed E-state index contributed by atoms with van der Waals surface area (Å²) in [4.78, 5) is 23.2. The number of nitro benzene ring substituents is 1. The van der Waals surface area contributed by atoms with Crippen molar-refractivity contribution >= 4 is 23.4 Å². The minimum Gasteiger partial charge on any atom is -0.486 e. The van der Waals surface area contributed by atoms with Gasteiger partial charge in [-0.2, -0.15) is 5.26 Å². The topological polar surface area (TPSA) is 114 Å². The van der Waals surface area contributed by atoms with Gasteiger partial charge in [0.1, 0.15) is 30.5 Å². The van der Waals surface area contributed by atoms with Gasteiger partial charge in [0.15, 0.2) is 11.5 Å². The normalized spacial score (nSPS) is 12.8. The predicted molar refractivity (Wildman–Crippen MR) is 97.5 cm³/mol. The van der Waals surface area contributed by atoms with Crippen LogP contribution in [0.3, 0.4) is 0 Å². The zero-order chi connectivity index (χ0) is 19.4. The second-order valence-electron chi connectivity index (χ2n) is 5.75. The van der Waals surface area contributed by atoms with E-state index in [9.17, 15) is 20.2 Å². The van der Waals surface area contributed by atoms with Crippen LogP contribution < -0.4 is 14.8 Å². The number of nitrogens with one attached hydrogen (secondary N) is 1. The number of nitrogens with zero attached hydrogens (tertiary/aromatic N) is 2. The third-order valence-electron chi connectivity index (χ3n) is 3.96. The van der Waals surface area contributed by atoms with Crippen molar-refractivity contribution in [2.45, 2.75) is 6.92 Å². The summed E-state index contributed by atoms with van der Waals surface area (Å²) in [6, 6.07) is 11.6. The number of anilines is 1. The number of carbonyl (C=O) groups excluding carboxylic acids is 1. The molecule has 27 heavy (non-hydrogen) atoms. The molecule has 0 radical (unpaired) electrons. The van der Waals surface area contributed by atoms with Gasteiger partial charge in [0.2, 0.25) is 0 Å². The molecule has 0 spiro atoms. The first-order valence-electron chi connectivity index (χ1n) is 8.06. The van der Waals surface area contributed by atoms with Gasteiger partial charge >= 0.3 is 0 Å². The summed E-state index contributed by atoms with van der Waals surface area (Å²) in [7, 11) is 0. The van der Waals surface area contributed by atoms with Gasteiger partial charge in [-0.25, -0.2) is 0 Å². The molecule has 0 aliphatic carbocycles. The summed E-state index contributed by atoms with van der Waals surface area (Å²) in [5.74, 6) is -0.217. The summed E-state index contributed by atoms with van der Waals surface area (Å²) < 4.78 is 10.7. The maximum absolute atomic E-state index is 12.5. The number of amides is 1. The average Bonchev–Trinajstić information content (AvgIpc) is 2.66. The molecule has 0 saturated carbocycles. The number of hydrogen-bond acceptors (Lipinski definition) is 6. The van der Waals surface area contributed by atoms with Crippen molar-refractivity contribution in [1.29, 1.82) is 5.26 Å². The third kappa shape index (κ3) is 3.88. The zero-order valence-electron chi connectivity index (χ0n) is 14.4. The van der Waals surface area contributed by atoms with E-state index in [2.05, 4.69) is 5.32 Å². The van der Waals surface area contributed by atoms with Crippen LogP contribution in [0.1, 0.15) is 11.1 Å². The molecule has 136 valence electrons. The summed E-state index contributed by atoms with van der Waals surface area (Å²) in [6.45, 7) is 2.44. The fourth-order valence-corrected chi connectivity index (χ4v) is 2.57. The number of hydrogen-bond donors (Lipinski definition) is 1. The van der Waals surface area contributed by atoms with Crippen molar-refractivity contribution in [3.63, 3.8) is 0 Å². The Hall–Kier alpha value is -3.86. The number of benzene rings is 2. The van der Waals surface area contributed by atoms with Crippen molar-refractivity contribution in [3.05, 3.63) is 63.2 Å². The molecule has 3 rings (SSSR count). The van der Waals surface area contributed by atoms with Crippen LogP contribution in [-0.2, 0) is 4.79 Å². The van der Waals surface area contributed by atoms with Crippen LogP contribution in [0.15, 0.2) is 42.0 Å². The third-order valence-corrected chi connectivity index (χ3v) is 3.96. The first-order valence-corrected chi connectivity index (χ1v) is 8.06. The van der Waals surface area contributed by atoms with E-state index in [0.717, 1.165) is 5.56 Å². The molecule has 2 aromatic carbocycles. The highest BCUT2D eigenvalue weighted by atomic mass is 16.6. The zero-order valence-corrected chi connectivity index (χ0v) is 14.4. The molecule has 0 unspecified atom stereocenters. The Morgan fingerprint density at radius 3 is 2.56 bits per heavy atom. The second kappa shape index (κ2) is 7.58. The second-order valence-corrected chi connectivity index (χ2v) is 5.75. The molecule has 1 amide bonds. The van der Waals surface area contributed by atoms with E-state index in [1.54, 1.807) is 12.1 Å². The largest absolute Gasteiger partial charge is 0.486 e. The van der Waals surface area contributed by atoms with Gasteiger partial charge in [-0.3, -0.25) is 14.9 Å². The molecule has 1 aliphatic rings. The molecule has 8 heteroatoms. The van der Waals surface area contributed by atoms with Gasteiger partial charge in [-0.1, -0.05) is 24.3 Å². The van der Waals surface area contributed by atoms with Gasteiger partial charge in [-0.05, 0) is 24.1 Å². The molecule has 0 aromatic heterocycles. The Balaban J connectivity index is 1.94. The van der Waals surface area contributed by atoms with Gasteiger partial charge in [0, 0.05) is 6.07 Å². The summed E-state index contributed by atoms with van der Waals surface area (Å²) >= 11 is 0. The molecular formula is C19H15N3O5. The van der Waals surface area contributed by atoms with E-state index in [0.29, 0.717) is 17.9 Å². The van der Waals surface area contributed by atoms with Gasteiger partial charge in [-0.15, -0.1) is 0 Å². The summed E-state index contributed by atoms with van der Waals surface area (Å²) in [5.41, 5.74) is 1.01. The maximum atomic E-state index is 12.5. The predicted octanol–water partition coefficient (Wildman–Crippen LogP) is 3.22. The molecule has 0 bridgehead atoms. The van der Waals surface area contributed by atoms with Crippen molar-refractivity contribution < 1.29 is 19.2 Å². The minimum absolute atomic E-state index is 0.0693. The molecular weight excluding hydrogens is 350 g/mol. The lowest BCUT2D eigenvalue weighted by Crippen LogP contribution is -2.18. The number of fused-ring (bicyclic) bond motifs is 1. The van der Waals surface area contributed by atoms with Crippen LogP contribution in [0, 0.1) is 28.4 Å². The van der Waals surface area contributed by atoms with Gasteiger partial charge < -0.3 is 14.8 Å².